The van der Waals surface area contributed by atoms with E-state index in [2.05, 4.69) is 31.9 Å². The van der Waals surface area contributed by atoms with Gasteiger partial charge >= 0.3 is 0 Å². The molecule has 0 heterocycles. The zero-order chi connectivity index (χ0) is 13.3. The summed E-state index contributed by atoms with van der Waals surface area (Å²) in [6, 6.07) is 0. The molecule has 0 bridgehead atoms. The van der Waals surface area contributed by atoms with Crippen molar-refractivity contribution in [2.24, 2.45) is 10.8 Å². The SMILES string of the molecule is CC(C)(C)[C@H](O)/C(Br)=C(\Br)[C@H](O)C(C)(C)C. The largest absolute Gasteiger partial charge is 0.387 e. The molecule has 0 saturated heterocycles. The number of halogens is 2. The van der Waals surface area contributed by atoms with E-state index in [0.29, 0.717) is 8.96 Å². The minimum atomic E-state index is -0.640. The van der Waals surface area contributed by atoms with Gasteiger partial charge in [-0.15, -0.1) is 0 Å². The van der Waals surface area contributed by atoms with Gasteiger partial charge < -0.3 is 10.2 Å². The van der Waals surface area contributed by atoms with Gasteiger partial charge in [0.15, 0.2) is 0 Å². The quantitative estimate of drug-likeness (QED) is 0.789. The lowest BCUT2D eigenvalue weighted by Crippen LogP contribution is -2.31. The fourth-order valence-corrected chi connectivity index (χ4v) is 2.83. The van der Waals surface area contributed by atoms with Crippen molar-refractivity contribution < 1.29 is 10.2 Å². The Bertz CT molecular complexity index is 244. The summed E-state index contributed by atoms with van der Waals surface area (Å²) < 4.78 is 1.23. The maximum atomic E-state index is 10.1. The van der Waals surface area contributed by atoms with Gasteiger partial charge in [-0.2, -0.15) is 0 Å². The molecule has 0 aliphatic rings. The second-order valence-electron chi connectivity index (χ2n) is 6.23. The average molecular weight is 358 g/mol. The smallest absolute Gasteiger partial charge is 0.0911 e. The minimum Gasteiger partial charge on any atom is -0.387 e. The van der Waals surface area contributed by atoms with Crippen LogP contribution >= 0.6 is 31.9 Å². The van der Waals surface area contributed by atoms with E-state index >= 15 is 0 Å². The van der Waals surface area contributed by atoms with Crippen LogP contribution in [0.4, 0.5) is 0 Å². The maximum Gasteiger partial charge on any atom is 0.0911 e. The van der Waals surface area contributed by atoms with Crippen LogP contribution in [0.1, 0.15) is 41.5 Å². The van der Waals surface area contributed by atoms with E-state index in [1.165, 1.54) is 0 Å². The molecule has 0 aromatic rings. The summed E-state index contributed by atoms with van der Waals surface area (Å²) >= 11 is 6.72. The van der Waals surface area contributed by atoms with Gasteiger partial charge in [0, 0.05) is 8.96 Å². The Balaban J connectivity index is 5.12. The highest BCUT2D eigenvalue weighted by Crippen LogP contribution is 2.37. The normalized spacial score (nSPS) is 19.1. The molecule has 0 aliphatic carbocycles. The highest BCUT2D eigenvalue weighted by atomic mass is 79.9. The van der Waals surface area contributed by atoms with Crippen molar-refractivity contribution in [2.75, 3.05) is 0 Å². The third kappa shape index (κ3) is 4.47. The number of rotatable bonds is 2. The highest BCUT2D eigenvalue weighted by molar-refractivity contribution is 9.14. The van der Waals surface area contributed by atoms with E-state index in [0.717, 1.165) is 0 Å². The average Bonchev–Trinajstić information content (AvgIpc) is 2.10. The van der Waals surface area contributed by atoms with E-state index in [1.807, 2.05) is 41.5 Å². The third-order valence-corrected chi connectivity index (χ3v) is 4.60. The van der Waals surface area contributed by atoms with Crippen LogP contribution in [-0.4, -0.2) is 22.4 Å². The molecule has 0 amide bonds. The molecule has 16 heavy (non-hydrogen) atoms. The number of aliphatic hydroxyl groups is 2. The Hall–Kier alpha value is 0.620. The fraction of sp³-hybridized carbons (Fsp3) is 0.833. The van der Waals surface area contributed by atoms with Crippen molar-refractivity contribution in [3.05, 3.63) is 8.96 Å². The summed E-state index contributed by atoms with van der Waals surface area (Å²) in [7, 11) is 0. The zero-order valence-corrected chi connectivity index (χ0v) is 14.0. The number of aliphatic hydroxyl groups excluding tert-OH is 2. The Morgan fingerprint density at radius 3 is 1.06 bits per heavy atom. The zero-order valence-electron chi connectivity index (χ0n) is 10.8. The van der Waals surface area contributed by atoms with Gasteiger partial charge in [0.1, 0.15) is 0 Å². The van der Waals surface area contributed by atoms with Gasteiger partial charge in [-0.1, -0.05) is 73.4 Å². The van der Waals surface area contributed by atoms with Crippen LogP contribution in [0.15, 0.2) is 8.96 Å². The number of hydrogen-bond donors (Lipinski definition) is 2. The van der Waals surface area contributed by atoms with Crippen molar-refractivity contribution in [2.45, 2.75) is 53.8 Å². The molecule has 0 spiro atoms. The molecule has 0 aromatic carbocycles. The predicted octanol–water partition coefficient (Wildman–Crippen LogP) is 3.80. The minimum absolute atomic E-state index is 0.268. The standard InChI is InChI=1S/C12H22Br2O2/c1-11(2,3)9(15)7(13)8(14)10(16)12(4,5)6/h9-10,15-16H,1-6H3/b8-7+/t9-,10+. The van der Waals surface area contributed by atoms with E-state index < -0.39 is 12.2 Å². The van der Waals surface area contributed by atoms with Gasteiger partial charge in [0.2, 0.25) is 0 Å². The molecule has 2 nitrogen and oxygen atoms in total. The Labute approximate surface area is 115 Å². The molecule has 0 radical (unpaired) electrons. The third-order valence-electron chi connectivity index (χ3n) is 2.35. The molecule has 0 rings (SSSR count). The highest BCUT2D eigenvalue weighted by Gasteiger charge is 2.31. The second kappa shape index (κ2) is 5.51. The van der Waals surface area contributed by atoms with Crippen molar-refractivity contribution in [3.8, 4) is 0 Å². The molecule has 0 fully saturated rings. The van der Waals surface area contributed by atoms with Crippen molar-refractivity contribution in [1.29, 1.82) is 0 Å². The molecule has 0 aliphatic heterocycles. The fourth-order valence-electron chi connectivity index (χ4n) is 1.02. The van der Waals surface area contributed by atoms with Crippen LogP contribution < -0.4 is 0 Å². The van der Waals surface area contributed by atoms with Crippen LogP contribution in [-0.2, 0) is 0 Å². The first-order valence-corrected chi connectivity index (χ1v) is 6.89. The summed E-state index contributed by atoms with van der Waals surface area (Å²) in [5, 5.41) is 20.2. The predicted molar refractivity (Wildman–Crippen MR) is 75.8 cm³/mol. The first-order chi connectivity index (χ1) is 6.89. The monoisotopic (exact) mass is 356 g/mol. The lowest BCUT2D eigenvalue weighted by molar-refractivity contribution is 0.0872. The molecule has 0 unspecified atom stereocenters. The molecule has 96 valence electrons. The second-order valence-corrected chi connectivity index (χ2v) is 7.94. The maximum absolute atomic E-state index is 10.1. The Morgan fingerprint density at radius 2 is 0.938 bits per heavy atom. The molecular formula is C12H22Br2O2. The van der Waals surface area contributed by atoms with Crippen LogP contribution in [0, 0.1) is 10.8 Å². The Morgan fingerprint density at radius 1 is 0.750 bits per heavy atom. The molecule has 4 heteroatoms. The van der Waals surface area contributed by atoms with E-state index in [-0.39, 0.29) is 10.8 Å². The van der Waals surface area contributed by atoms with Crippen molar-refractivity contribution in [1.82, 2.24) is 0 Å². The lowest BCUT2D eigenvalue weighted by atomic mass is 9.85. The van der Waals surface area contributed by atoms with Crippen molar-refractivity contribution in [3.63, 3.8) is 0 Å². The van der Waals surface area contributed by atoms with Crippen LogP contribution in [0.5, 0.6) is 0 Å². The van der Waals surface area contributed by atoms with E-state index in [1.54, 1.807) is 0 Å². The van der Waals surface area contributed by atoms with Gasteiger partial charge in [0.25, 0.3) is 0 Å². The summed E-state index contributed by atoms with van der Waals surface area (Å²) in [5.74, 6) is 0. The van der Waals surface area contributed by atoms with Gasteiger partial charge in [0.05, 0.1) is 12.2 Å². The van der Waals surface area contributed by atoms with Crippen LogP contribution in [0.3, 0.4) is 0 Å². The molecule has 0 saturated carbocycles. The number of hydrogen-bond acceptors (Lipinski definition) is 2. The van der Waals surface area contributed by atoms with Gasteiger partial charge in [-0.05, 0) is 10.8 Å². The topological polar surface area (TPSA) is 40.5 Å². The van der Waals surface area contributed by atoms with Crippen LogP contribution in [0.2, 0.25) is 0 Å². The molecule has 2 atom stereocenters. The summed E-state index contributed by atoms with van der Waals surface area (Å²) in [4.78, 5) is 0. The molecule has 2 N–H and O–H groups in total. The molecule has 0 aromatic heterocycles. The van der Waals surface area contributed by atoms with E-state index in [9.17, 15) is 10.2 Å². The summed E-state index contributed by atoms with van der Waals surface area (Å²) in [5.41, 5.74) is -0.537. The van der Waals surface area contributed by atoms with Crippen LogP contribution in [0.25, 0.3) is 0 Å². The first kappa shape index (κ1) is 16.6. The van der Waals surface area contributed by atoms with Gasteiger partial charge in [-0.25, -0.2) is 0 Å². The lowest BCUT2D eigenvalue weighted by Gasteiger charge is -2.30. The summed E-state index contributed by atoms with van der Waals surface area (Å²) in [6.45, 7) is 11.7. The molecular weight excluding hydrogens is 336 g/mol. The van der Waals surface area contributed by atoms with Crippen molar-refractivity contribution >= 4 is 31.9 Å². The first-order valence-electron chi connectivity index (χ1n) is 5.30. The Kier molecular flexibility index (Phi) is 5.72. The van der Waals surface area contributed by atoms with Gasteiger partial charge in [-0.3, -0.25) is 0 Å². The van der Waals surface area contributed by atoms with E-state index in [4.69, 9.17) is 0 Å². The summed E-state index contributed by atoms with van der Waals surface area (Å²) in [6.07, 6.45) is -1.28.